The fraction of sp³-hybridized carbons (Fsp3) is 0.0250. The average Bonchev–Trinajstić information content (AvgIpc) is 3.64. The summed E-state index contributed by atoms with van der Waals surface area (Å²) in [6, 6.07) is 50.3. The minimum atomic E-state index is -0.0880. The normalized spacial score (nSPS) is 12.5. The summed E-state index contributed by atoms with van der Waals surface area (Å²) in [5.41, 5.74) is 10.7. The van der Waals surface area contributed by atoms with Gasteiger partial charge in [-0.25, -0.2) is 15.0 Å². The Morgan fingerprint density at radius 2 is 1.02 bits per heavy atom. The van der Waals surface area contributed by atoms with Gasteiger partial charge in [-0.05, 0) is 51.6 Å². The molecule has 0 N–H and O–H groups in total. The molecule has 0 saturated heterocycles. The van der Waals surface area contributed by atoms with Crippen molar-refractivity contribution in [3.8, 4) is 45.0 Å². The van der Waals surface area contributed by atoms with Gasteiger partial charge in [0.1, 0.15) is 17.0 Å². The average molecular weight is 564 g/mol. The maximum absolute atomic E-state index is 6.44. The molecule has 2 aromatic heterocycles. The Morgan fingerprint density at radius 3 is 1.73 bits per heavy atom. The molecule has 0 bridgehead atoms. The molecule has 4 heteroatoms. The molecule has 1 aliphatic rings. The number of fused-ring (bicyclic) bond motifs is 6. The second-order valence-electron chi connectivity index (χ2n) is 11.2. The van der Waals surface area contributed by atoms with Crippen molar-refractivity contribution in [2.45, 2.75) is 5.92 Å². The lowest BCUT2D eigenvalue weighted by molar-refractivity contribution is 0.669. The second-order valence-corrected chi connectivity index (χ2v) is 11.2. The summed E-state index contributed by atoms with van der Waals surface area (Å²) in [6.45, 7) is 0. The van der Waals surface area contributed by atoms with Crippen molar-refractivity contribution in [3.05, 3.63) is 163 Å². The number of aromatic nitrogens is 3. The van der Waals surface area contributed by atoms with Crippen molar-refractivity contribution in [1.82, 2.24) is 15.0 Å². The summed E-state index contributed by atoms with van der Waals surface area (Å²) in [5, 5.41) is 2.18. The highest BCUT2D eigenvalue weighted by Gasteiger charge is 2.32. The van der Waals surface area contributed by atoms with E-state index >= 15 is 0 Å². The number of benzene rings is 6. The largest absolute Gasteiger partial charge is 0.456 e. The van der Waals surface area contributed by atoms with E-state index in [2.05, 4.69) is 103 Å². The molecule has 4 nitrogen and oxygen atoms in total. The maximum Gasteiger partial charge on any atom is 0.163 e. The van der Waals surface area contributed by atoms with Gasteiger partial charge in [0.2, 0.25) is 0 Å². The van der Waals surface area contributed by atoms with Crippen LogP contribution < -0.4 is 0 Å². The molecule has 206 valence electrons. The zero-order chi connectivity index (χ0) is 29.0. The number of nitrogens with zero attached hydrogens (tertiary/aromatic N) is 3. The molecule has 0 aliphatic heterocycles. The van der Waals surface area contributed by atoms with Crippen molar-refractivity contribution in [2.75, 3.05) is 0 Å². The first-order valence-electron chi connectivity index (χ1n) is 14.8. The lowest BCUT2D eigenvalue weighted by atomic mass is 9.96. The van der Waals surface area contributed by atoms with Crippen LogP contribution in [0.15, 0.2) is 150 Å². The molecular weight excluding hydrogens is 538 g/mol. The third-order valence-electron chi connectivity index (χ3n) is 8.62. The van der Waals surface area contributed by atoms with Crippen molar-refractivity contribution in [1.29, 1.82) is 0 Å². The van der Waals surface area contributed by atoms with E-state index in [1.165, 1.54) is 22.3 Å². The molecule has 1 aliphatic carbocycles. The van der Waals surface area contributed by atoms with Gasteiger partial charge in [-0.15, -0.1) is 0 Å². The summed E-state index contributed by atoms with van der Waals surface area (Å²) in [7, 11) is 0. The van der Waals surface area contributed by atoms with Crippen LogP contribution in [0.5, 0.6) is 0 Å². The molecule has 0 spiro atoms. The van der Waals surface area contributed by atoms with E-state index < -0.39 is 0 Å². The van der Waals surface area contributed by atoms with E-state index in [1.807, 2.05) is 42.5 Å². The van der Waals surface area contributed by atoms with E-state index in [9.17, 15) is 0 Å². The minimum Gasteiger partial charge on any atom is -0.456 e. The fourth-order valence-corrected chi connectivity index (χ4v) is 6.62. The molecule has 2 heterocycles. The molecule has 44 heavy (non-hydrogen) atoms. The van der Waals surface area contributed by atoms with Gasteiger partial charge in [-0.1, -0.05) is 127 Å². The minimum absolute atomic E-state index is 0.0880. The molecule has 0 atom stereocenters. The molecular formula is C40H25N3O. The van der Waals surface area contributed by atoms with Gasteiger partial charge >= 0.3 is 0 Å². The predicted molar refractivity (Wildman–Crippen MR) is 176 cm³/mol. The van der Waals surface area contributed by atoms with Crippen LogP contribution in [0.1, 0.15) is 22.9 Å². The Labute approximate surface area is 254 Å². The molecule has 6 aromatic carbocycles. The second kappa shape index (κ2) is 9.85. The molecule has 0 amide bonds. The van der Waals surface area contributed by atoms with E-state index in [4.69, 9.17) is 19.4 Å². The summed E-state index contributed by atoms with van der Waals surface area (Å²) in [4.78, 5) is 15.3. The van der Waals surface area contributed by atoms with Gasteiger partial charge in [0.05, 0.1) is 5.92 Å². The zero-order valence-electron chi connectivity index (χ0n) is 23.7. The molecule has 8 aromatic rings. The highest BCUT2D eigenvalue weighted by Crippen LogP contribution is 2.47. The quantitative estimate of drug-likeness (QED) is 0.214. The summed E-state index contributed by atoms with van der Waals surface area (Å²) in [5.74, 6) is 1.93. The van der Waals surface area contributed by atoms with Crippen LogP contribution >= 0.6 is 0 Å². The number of rotatable bonds is 4. The first-order valence-corrected chi connectivity index (χ1v) is 14.8. The molecule has 0 radical (unpaired) electrons. The van der Waals surface area contributed by atoms with Crippen LogP contribution in [-0.2, 0) is 0 Å². The van der Waals surface area contributed by atoms with E-state index in [1.54, 1.807) is 0 Å². The summed E-state index contributed by atoms with van der Waals surface area (Å²) >= 11 is 0. The molecule has 9 rings (SSSR count). The highest BCUT2D eigenvalue weighted by atomic mass is 16.3. The Kier molecular flexibility index (Phi) is 5.53. The lowest BCUT2D eigenvalue weighted by Crippen LogP contribution is -2.09. The van der Waals surface area contributed by atoms with Crippen LogP contribution in [0.4, 0.5) is 0 Å². The third-order valence-corrected chi connectivity index (χ3v) is 8.62. The molecule has 0 unspecified atom stereocenters. The van der Waals surface area contributed by atoms with Crippen LogP contribution in [0.2, 0.25) is 0 Å². The lowest BCUT2D eigenvalue weighted by Gasteiger charge is -2.15. The third kappa shape index (κ3) is 3.89. The number of hydrogen-bond donors (Lipinski definition) is 0. The zero-order valence-corrected chi connectivity index (χ0v) is 23.7. The SMILES string of the molecule is c1ccc(-c2nc(-c3ccc4c(c3)oc3cccc(-c5ccccc5)c34)nc(C3c4ccccc4-c4ccccc43)n2)cc1. The first kappa shape index (κ1) is 24.7. The van der Waals surface area contributed by atoms with Crippen LogP contribution in [0.25, 0.3) is 67.0 Å². The van der Waals surface area contributed by atoms with E-state index in [0.29, 0.717) is 11.6 Å². The van der Waals surface area contributed by atoms with E-state index in [0.717, 1.165) is 50.0 Å². The highest BCUT2D eigenvalue weighted by molar-refractivity contribution is 6.12. The topological polar surface area (TPSA) is 51.8 Å². The van der Waals surface area contributed by atoms with Gasteiger partial charge in [0.15, 0.2) is 11.6 Å². The van der Waals surface area contributed by atoms with Crippen molar-refractivity contribution < 1.29 is 4.42 Å². The molecule has 0 saturated carbocycles. The van der Waals surface area contributed by atoms with Gasteiger partial charge < -0.3 is 4.42 Å². The summed E-state index contributed by atoms with van der Waals surface area (Å²) < 4.78 is 6.44. The first-order chi connectivity index (χ1) is 21.8. The van der Waals surface area contributed by atoms with Crippen LogP contribution in [0, 0.1) is 0 Å². The maximum atomic E-state index is 6.44. The van der Waals surface area contributed by atoms with Crippen molar-refractivity contribution >= 4 is 21.9 Å². The number of hydrogen-bond acceptors (Lipinski definition) is 4. The van der Waals surface area contributed by atoms with E-state index in [-0.39, 0.29) is 5.92 Å². The van der Waals surface area contributed by atoms with Gasteiger partial charge in [0.25, 0.3) is 0 Å². The predicted octanol–water partition coefficient (Wildman–Crippen LogP) is 9.93. The van der Waals surface area contributed by atoms with Crippen molar-refractivity contribution in [2.24, 2.45) is 0 Å². The molecule has 0 fully saturated rings. The van der Waals surface area contributed by atoms with Gasteiger partial charge in [-0.2, -0.15) is 0 Å². The number of furan rings is 1. The summed E-state index contributed by atoms with van der Waals surface area (Å²) in [6.07, 6.45) is 0. The monoisotopic (exact) mass is 563 g/mol. The van der Waals surface area contributed by atoms with Gasteiger partial charge in [0, 0.05) is 21.9 Å². The van der Waals surface area contributed by atoms with Crippen LogP contribution in [0.3, 0.4) is 0 Å². The Hall–Kier alpha value is -5.87. The van der Waals surface area contributed by atoms with Crippen LogP contribution in [-0.4, -0.2) is 15.0 Å². The standard InChI is InChI=1S/C40H25N3O/c1-3-12-25(13-4-1)28-20-11-21-34-36(28)33-23-22-27(24-35(33)44-34)39-41-38(26-14-5-2-6-15-26)42-40(43-39)37-31-18-9-7-16-29(31)30-17-8-10-19-32(30)37/h1-24,37H. The van der Waals surface area contributed by atoms with Gasteiger partial charge in [-0.3, -0.25) is 0 Å². The Balaban J connectivity index is 1.24. The Bertz CT molecular complexity index is 2300. The Morgan fingerprint density at radius 1 is 0.432 bits per heavy atom. The fourth-order valence-electron chi connectivity index (χ4n) is 6.62. The van der Waals surface area contributed by atoms with Crippen molar-refractivity contribution in [3.63, 3.8) is 0 Å². The smallest absolute Gasteiger partial charge is 0.163 e.